The van der Waals surface area contributed by atoms with Crippen LogP contribution in [0.15, 0.2) is 0 Å². The third-order valence-electron chi connectivity index (χ3n) is 2.83. The van der Waals surface area contributed by atoms with Crippen LogP contribution in [0.3, 0.4) is 0 Å². The van der Waals surface area contributed by atoms with Crippen LogP contribution in [-0.4, -0.2) is 37.1 Å². The van der Waals surface area contributed by atoms with Crippen LogP contribution in [0.1, 0.15) is 19.3 Å². The van der Waals surface area contributed by atoms with Gasteiger partial charge in [-0.2, -0.15) is 0 Å². The summed E-state index contributed by atoms with van der Waals surface area (Å²) in [6, 6.07) is 0. The first-order valence-corrected chi connectivity index (χ1v) is 5.06. The molecule has 1 amide bonds. The van der Waals surface area contributed by atoms with Crippen LogP contribution in [0, 0.1) is 12.3 Å². The van der Waals surface area contributed by atoms with Crippen molar-refractivity contribution in [3.8, 4) is 0 Å². The highest BCUT2D eigenvalue weighted by molar-refractivity contribution is 5.79. The van der Waals surface area contributed by atoms with Crippen molar-refractivity contribution < 1.29 is 9.53 Å². The minimum Gasteiger partial charge on any atom is -0.381 e. The van der Waals surface area contributed by atoms with E-state index in [1.807, 2.05) is 4.90 Å². The molecule has 0 spiro atoms. The van der Waals surface area contributed by atoms with Crippen molar-refractivity contribution in [3.63, 3.8) is 0 Å². The van der Waals surface area contributed by atoms with E-state index >= 15 is 0 Å². The molecule has 1 radical (unpaired) electrons. The highest BCUT2D eigenvalue weighted by Crippen LogP contribution is 2.19. The standard InChI is InChI=1S/C10H16NO2/c12-10(11-5-1-2-6-11)9-3-7-13-8-4-9/h1,9H,2-8H2. The molecule has 3 nitrogen and oxygen atoms in total. The van der Waals surface area contributed by atoms with E-state index in [0.717, 1.165) is 45.6 Å². The fourth-order valence-corrected chi connectivity index (χ4v) is 1.99. The Bertz CT molecular complexity index is 181. The lowest BCUT2D eigenvalue weighted by Crippen LogP contribution is -2.36. The second-order valence-electron chi connectivity index (χ2n) is 3.75. The fourth-order valence-electron chi connectivity index (χ4n) is 1.99. The molecule has 2 fully saturated rings. The van der Waals surface area contributed by atoms with Gasteiger partial charge in [0.15, 0.2) is 0 Å². The van der Waals surface area contributed by atoms with Crippen molar-refractivity contribution in [1.82, 2.24) is 4.90 Å². The second-order valence-corrected chi connectivity index (χ2v) is 3.75. The molecule has 3 heteroatoms. The maximum atomic E-state index is 11.9. The molecule has 0 N–H and O–H groups in total. The number of amides is 1. The number of likely N-dealkylation sites (tertiary alicyclic amines) is 1. The first-order chi connectivity index (χ1) is 6.38. The topological polar surface area (TPSA) is 29.5 Å². The molecule has 0 atom stereocenters. The Kier molecular flexibility index (Phi) is 2.83. The van der Waals surface area contributed by atoms with Gasteiger partial charge in [-0.3, -0.25) is 4.79 Å². The van der Waals surface area contributed by atoms with E-state index in [0.29, 0.717) is 5.91 Å². The maximum Gasteiger partial charge on any atom is 0.225 e. The lowest BCUT2D eigenvalue weighted by Gasteiger charge is -2.25. The van der Waals surface area contributed by atoms with Gasteiger partial charge in [0, 0.05) is 32.2 Å². The van der Waals surface area contributed by atoms with Crippen LogP contribution < -0.4 is 0 Å². The van der Waals surface area contributed by atoms with Gasteiger partial charge in [-0.1, -0.05) is 0 Å². The van der Waals surface area contributed by atoms with E-state index < -0.39 is 0 Å². The smallest absolute Gasteiger partial charge is 0.225 e. The predicted molar refractivity (Wildman–Crippen MR) is 49.0 cm³/mol. The monoisotopic (exact) mass is 182 g/mol. The Hall–Kier alpha value is -0.570. The number of rotatable bonds is 1. The second kappa shape index (κ2) is 4.09. The molecule has 0 aromatic heterocycles. The van der Waals surface area contributed by atoms with Gasteiger partial charge in [0.25, 0.3) is 0 Å². The number of hydrogen-bond donors (Lipinski definition) is 0. The summed E-state index contributed by atoms with van der Waals surface area (Å²) < 4.78 is 5.23. The van der Waals surface area contributed by atoms with Crippen molar-refractivity contribution in [2.75, 3.05) is 26.3 Å². The van der Waals surface area contributed by atoms with Crippen molar-refractivity contribution in [2.45, 2.75) is 19.3 Å². The van der Waals surface area contributed by atoms with Crippen molar-refractivity contribution in [3.05, 3.63) is 6.42 Å². The highest BCUT2D eigenvalue weighted by atomic mass is 16.5. The predicted octanol–water partition coefficient (Wildman–Crippen LogP) is 0.850. The number of hydrogen-bond acceptors (Lipinski definition) is 2. The van der Waals surface area contributed by atoms with E-state index in [-0.39, 0.29) is 5.92 Å². The molecule has 0 aliphatic carbocycles. The molecule has 13 heavy (non-hydrogen) atoms. The van der Waals surface area contributed by atoms with Crippen LogP contribution in [0.2, 0.25) is 0 Å². The average molecular weight is 182 g/mol. The van der Waals surface area contributed by atoms with Crippen LogP contribution in [-0.2, 0) is 9.53 Å². The van der Waals surface area contributed by atoms with Gasteiger partial charge in [0.2, 0.25) is 5.91 Å². The maximum absolute atomic E-state index is 11.9. The van der Waals surface area contributed by atoms with E-state index in [2.05, 4.69) is 6.42 Å². The third kappa shape index (κ3) is 2.02. The molecule has 0 bridgehead atoms. The summed E-state index contributed by atoms with van der Waals surface area (Å²) in [4.78, 5) is 13.8. The number of ether oxygens (including phenoxy) is 1. The van der Waals surface area contributed by atoms with Gasteiger partial charge in [0.05, 0.1) is 0 Å². The average Bonchev–Trinajstić information content (AvgIpc) is 2.71. The minimum atomic E-state index is 0.236. The molecule has 2 aliphatic heterocycles. The Morgan fingerprint density at radius 2 is 2.15 bits per heavy atom. The van der Waals surface area contributed by atoms with E-state index in [1.165, 1.54) is 0 Å². The molecule has 0 saturated carbocycles. The summed E-state index contributed by atoms with van der Waals surface area (Å²) in [5.74, 6) is 0.581. The van der Waals surface area contributed by atoms with E-state index in [9.17, 15) is 4.79 Å². The molecular weight excluding hydrogens is 166 g/mol. The van der Waals surface area contributed by atoms with Crippen LogP contribution in [0.4, 0.5) is 0 Å². The van der Waals surface area contributed by atoms with Crippen LogP contribution in [0.25, 0.3) is 0 Å². The SMILES string of the molecule is O=C(C1CCOCC1)N1C[CH]CC1. The van der Waals surface area contributed by atoms with Crippen molar-refractivity contribution in [1.29, 1.82) is 0 Å². The quantitative estimate of drug-likeness (QED) is 0.601. The molecule has 2 saturated heterocycles. The van der Waals surface area contributed by atoms with Gasteiger partial charge < -0.3 is 9.64 Å². The van der Waals surface area contributed by atoms with Gasteiger partial charge in [-0.15, -0.1) is 0 Å². The first-order valence-electron chi connectivity index (χ1n) is 5.06. The Morgan fingerprint density at radius 1 is 1.38 bits per heavy atom. The Labute approximate surface area is 79.0 Å². The molecule has 73 valence electrons. The van der Waals surface area contributed by atoms with E-state index in [4.69, 9.17) is 4.74 Å². The molecular formula is C10H16NO2. The Balaban J connectivity index is 1.87. The Morgan fingerprint density at radius 3 is 2.77 bits per heavy atom. The fraction of sp³-hybridized carbons (Fsp3) is 0.800. The summed E-state index contributed by atoms with van der Waals surface area (Å²) in [5, 5.41) is 0. The molecule has 0 aromatic carbocycles. The zero-order chi connectivity index (χ0) is 9.10. The van der Waals surface area contributed by atoms with Gasteiger partial charge in [-0.25, -0.2) is 0 Å². The lowest BCUT2D eigenvalue weighted by atomic mass is 9.99. The summed E-state index contributed by atoms with van der Waals surface area (Å²) in [7, 11) is 0. The molecule has 2 heterocycles. The molecule has 0 aromatic rings. The minimum absolute atomic E-state index is 0.236. The van der Waals surface area contributed by atoms with Gasteiger partial charge >= 0.3 is 0 Å². The van der Waals surface area contributed by atoms with Gasteiger partial charge in [0.1, 0.15) is 0 Å². The third-order valence-corrected chi connectivity index (χ3v) is 2.83. The number of carbonyl (C=O) groups excluding carboxylic acids is 1. The van der Waals surface area contributed by atoms with E-state index in [1.54, 1.807) is 0 Å². The zero-order valence-corrected chi connectivity index (χ0v) is 7.87. The lowest BCUT2D eigenvalue weighted by molar-refractivity contribution is -0.137. The number of nitrogens with zero attached hydrogens (tertiary/aromatic N) is 1. The zero-order valence-electron chi connectivity index (χ0n) is 7.87. The summed E-state index contributed by atoms with van der Waals surface area (Å²) in [5.41, 5.74) is 0. The van der Waals surface area contributed by atoms with Crippen LogP contribution in [0.5, 0.6) is 0 Å². The molecule has 2 rings (SSSR count). The summed E-state index contributed by atoms with van der Waals surface area (Å²) in [6.07, 6.45) is 5.07. The summed E-state index contributed by atoms with van der Waals surface area (Å²) >= 11 is 0. The highest BCUT2D eigenvalue weighted by Gasteiger charge is 2.27. The van der Waals surface area contributed by atoms with Crippen molar-refractivity contribution in [2.24, 2.45) is 5.92 Å². The molecule has 2 aliphatic rings. The number of carbonyl (C=O) groups is 1. The first kappa shape index (κ1) is 9.00. The van der Waals surface area contributed by atoms with Crippen LogP contribution >= 0.6 is 0 Å². The van der Waals surface area contributed by atoms with Gasteiger partial charge in [-0.05, 0) is 25.7 Å². The summed E-state index contributed by atoms with van der Waals surface area (Å²) in [6.45, 7) is 3.30. The molecule has 0 unspecified atom stereocenters. The largest absolute Gasteiger partial charge is 0.381 e. The normalized spacial score (nSPS) is 25.1. The van der Waals surface area contributed by atoms with Crippen molar-refractivity contribution >= 4 is 5.91 Å².